The number of hydrogen-bond acceptors (Lipinski definition) is 11. The molecule has 274 valence electrons. The third-order valence-electron chi connectivity index (χ3n) is 13.0. The Morgan fingerprint density at radius 3 is 2.24 bits per heavy atom. The van der Waals surface area contributed by atoms with Crippen molar-refractivity contribution >= 4 is 39.6 Å². The lowest BCUT2D eigenvalue weighted by atomic mass is 9.36. The molecule has 0 aliphatic heterocycles. The van der Waals surface area contributed by atoms with E-state index in [0.717, 1.165) is 24.1 Å². The van der Waals surface area contributed by atoms with Gasteiger partial charge in [-0.15, -0.1) is 11.3 Å². The predicted molar refractivity (Wildman–Crippen MR) is 194 cm³/mol. The monoisotopic (exact) mass is 719 g/mol. The van der Waals surface area contributed by atoms with Gasteiger partial charge in [-0.25, -0.2) is 4.98 Å². The number of nitrogens with two attached hydrogens (primary N) is 1. The molecule has 0 saturated heterocycles. The Bertz CT molecular complexity index is 1870. The number of nitrogens with one attached hydrogen (secondary N) is 1. The average Bonchev–Trinajstić information content (AvgIpc) is 3.55. The topological polar surface area (TPSA) is 203 Å². The zero-order valence-corrected chi connectivity index (χ0v) is 30.9. The van der Waals surface area contributed by atoms with Gasteiger partial charge in [0.15, 0.2) is 22.3 Å². The van der Waals surface area contributed by atoms with Gasteiger partial charge in [0.1, 0.15) is 17.8 Å². The van der Waals surface area contributed by atoms with E-state index in [2.05, 4.69) is 31.3 Å². The number of hydrogen-bond donors (Lipinski definition) is 7. The Kier molecular flexibility index (Phi) is 9.29. The van der Waals surface area contributed by atoms with Crippen LogP contribution < -0.4 is 11.1 Å². The van der Waals surface area contributed by atoms with Gasteiger partial charge in [-0.1, -0.05) is 78.8 Å². The van der Waals surface area contributed by atoms with Crippen LogP contribution in [0.2, 0.25) is 0 Å². The molecule has 1 aromatic heterocycles. The maximum Gasteiger partial charge on any atom is 0.230 e. The second-order valence-corrected chi connectivity index (χ2v) is 16.4. The van der Waals surface area contributed by atoms with Gasteiger partial charge >= 0.3 is 0 Å². The summed E-state index contributed by atoms with van der Waals surface area (Å²) >= 11 is 1.32. The highest BCUT2D eigenvalue weighted by molar-refractivity contribution is 7.14. The highest BCUT2D eigenvalue weighted by Gasteiger charge is 2.80. The third kappa shape index (κ3) is 4.97. The zero-order chi connectivity index (χ0) is 37.5. The molecule has 3 aliphatic rings. The molecule has 2 saturated carbocycles. The lowest BCUT2D eigenvalue weighted by molar-refractivity contribution is -0.306. The van der Waals surface area contributed by atoms with Crippen molar-refractivity contribution in [2.24, 2.45) is 40.2 Å². The molecule has 3 aliphatic carbocycles. The first-order valence-electron chi connectivity index (χ1n) is 17.8. The van der Waals surface area contributed by atoms with Gasteiger partial charge < -0.3 is 36.6 Å². The molecule has 0 spiro atoms. The summed E-state index contributed by atoms with van der Waals surface area (Å²) in [6.07, 6.45) is -3.28. The number of thiazole rings is 1. The number of phenols is 1. The summed E-state index contributed by atoms with van der Waals surface area (Å²) in [4.78, 5) is 45.8. The number of anilines is 2. The number of ketones is 2. The van der Waals surface area contributed by atoms with Gasteiger partial charge in [-0.2, -0.15) is 0 Å². The maximum absolute atomic E-state index is 14.6. The Hall–Kier alpha value is -3.68. The molecule has 8 N–H and O–H groups in total. The number of aromatic hydroxyl groups is 1. The number of primary amides is 1. The van der Waals surface area contributed by atoms with Crippen LogP contribution in [-0.4, -0.2) is 71.9 Å². The molecule has 11 nitrogen and oxygen atoms in total. The minimum absolute atomic E-state index is 0.114. The van der Waals surface area contributed by atoms with Gasteiger partial charge in [-0.05, 0) is 53.7 Å². The van der Waals surface area contributed by atoms with Crippen LogP contribution in [0.5, 0.6) is 5.75 Å². The van der Waals surface area contributed by atoms with E-state index < -0.39 is 87.6 Å². The quantitative estimate of drug-likeness (QED) is 0.124. The van der Waals surface area contributed by atoms with E-state index in [1.54, 1.807) is 39.8 Å². The van der Waals surface area contributed by atoms with E-state index in [4.69, 9.17) is 10.7 Å². The molecule has 10 atom stereocenters. The number of carbonyl (C=O) groups is 3. The number of benzene rings is 2. The van der Waals surface area contributed by atoms with Crippen molar-refractivity contribution in [2.45, 2.75) is 97.1 Å². The van der Waals surface area contributed by atoms with Crippen molar-refractivity contribution < 1.29 is 39.9 Å². The SMILES string of the molecule is CCC(CC)c1ccc(-c2csc(Nc3ccc4c(c3O)C(=O)[C@@H]3C(O)[C@@]5(O)C(=O)[C@H](C(N)=O)C(O)[C@H](C(C)C)[C@@]5(C)[C@H](O)[C@@]3(C)[C@@H]4C)n2)cc1. The predicted octanol–water partition coefficient (Wildman–Crippen LogP) is 4.88. The first kappa shape index (κ1) is 37.1. The van der Waals surface area contributed by atoms with Gasteiger partial charge in [0.2, 0.25) is 5.91 Å². The summed E-state index contributed by atoms with van der Waals surface area (Å²) in [5.74, 6) is -8.83. The average molecular weight is 720 g/mol. The summed E-state index contributed by atoms with van der Waals surface area (Å²) < 4.78 is 0. The van der Waals surface area contributed by atoms with E-state index in [1.165, 1.54) is 23.8 Å². The number of phenolic OH excluding ortho intramolecular Hbond substituents is 1. The summed E-state index contributed by atoms with van der Waals surface area (Å²) in [7, 11) is 0. The normalized spacial score (nSPS) is 34.6. The fourth-order valence-corrected chi connectivity index (χ4v) is 10.9. The fraction of sp³-hybridized carbons (Fsp3) is 0.538. The smallest absolute Gasteiger partial charge is 0.230 e. The Morgan fingerprint density at radius 2 is 1.67 bits per heavy atom. The minimum atomic E-state index is -2.84. The molecule has 1 heterocycles. The first-order valence-corrected chi connectivity index (χ1v) is 18.6. The first-order chi connectivity index (χ1) is 23.9. The van der Waals surface area contributed by atoms with E-state index in [0.29, 0.717) is 16.6 Å². The standard InChI is InChI=1S/C39H49N3O8S/c1-8-19(9-2)20-10-12-21(13-11-20)24-16-51-36(42-24)41-23-15-14-22-18(5)37(6)28(30(44)25(22)29(23)43)33(47)39(50)32(46)26(34(40)48)31(45)27(17(3)4)38(39,7)35(37)49/h10-19,26-28,31,33,35,43,45,47,49-50H,8-9H2,1-7H3,(H2,40,48)(H,41,42)/t18-,26-,27+,28-,31?,33?,35-,37+,38+,39+/m1/s1. The van der Waals surface area contributed by atoms with Crippen LogP contribution >= 0.6 is 11.3 Å². The second kappa shape index (κ2) is 12.8. The van der Waals surface area contributed by atoms with Gasteiger partial charge in [0.25, 0.3) is 0 Å². The van der Waals surface area contributed by atoms with Crippen LogP contribution in [0.3, 0.4) is 0 Å². The fourth-order valence-electron chi connectivity index (χ4n) is 10.1. The van der Waals surface area contributed by atoms with Crippen LogP contribution in [0.15, 0.2) is 41.8 Å². The number of rotatable bonds is 8. The minimum Gasteiger partial charge on any atom is -0.505 e. The van der Waals surface area contributed by atoms with Crippen molar-refractivity contribution in [2.75, 3.05) is 5.32 Å². The number of fused-ring (bicyclic) bond motifs is 3. The summed E-state index contributed by atoms with van der Waals surface area (Å²) in [6.45, 7) is 12.6. The molecular formula is C39H49N3O8S. The van der Waals surface area contributed by atoms with E-state index >= 15 is 0 Å². The molecule has 0 bridgehead atoms. The van der Waals surface area contributed by atoms with Gasteiger partial charge in [0.05, 0.1) is 35.1 Å². The molecule has 2 unspecified atom stereocenters. The second-order valence-electron chi connectivity index (χ2n) is 15.6. The molecular weight excluding hydrogens is 671 g/mol. The van der Waals surface area contributed by atoms with E-state index in [1.807, 2.05) is 17.5 Å². The van der Waals surface area contributed by atoms with Crippen LogP contribution in [0.1, 0.15) is 94.6 Å². The number of carbonyl (C=O) groups excluding carboxylic acids is 3. The Labute approximate surface area is 301 Å². The largest absolute Gasteiger partial charge is 0.505 e. The molecule has 3 aromatic rings. The zero-order valence-electron chi connectivity index (χ0n) is 30.0. The molecule has 2 aromatic carbocycles. The lowest BCUT2D eigenvalue weighted by Crippen LogP contribution is -2.83. The highest BCUT2D eigenvalue weighted by Crippen LogP contribution is 2.68. The van der Waals surface area contributed by atoms with Crippen LogP contribution in [-0.2, 0) is 9.59 Å². The van der Waals surface area contributed by atoms with Crippen molar-refractivity contribution in [1.82, 2.24) is 4.98 Å². The third-order valence-corrected chi connectivity index (χ3v) is 13.8. The van der Waals surface area contributed by atoms with Gasteiger partial charge in [0, 0.05) is 21.8 Å². The summed E-state index contributed by atoms with van der Waals surface area (Å²) in [5.41, 5.74) is 2.77. The van der Waals surface area contributed by atoms with Crippen molar-refractivity contribution in [1.29, 1.82) is 0 Å². The molecule has 6 rings (SSSR count). The van der Waals surface area contributed by atoms with Crippen molar-refractivity contribution in [3.63, 3.8) is 0 Å². The van der Waals surface area contributed by atoms with E-state index in [-0.39, 0.29) is 11.3 Å². The van der Waals surface area contributed by atoms with Crippen LogP contribution in [0, 0.1) is 34.5 Å². The molecule has 51 heavy (non-hydrogen) atoms. The lowest BCUT2D eigenvalue weighted by Gasteiger charge is -2.69. The van der Waals surface area contributed by atoms with Crippen LogP contribution in [0.4, 0.5) is 10.8 Å². The number of aliphatic hydroxyl groups excluding tert-OH is 3. The number of Topliss-reactive ketones (excluding diaryl/α,β-unsaturated/α-hetero) is 2. The number of aliphatic hydroxyl groups is 4. The number of aromatic nitrogens is 1. The molecule has 2 fully saturated rings. The number of amides is 1. The van der Waals surface area contributed by atoms with E-state index in [9.17, 15) is 39.9 Å². The van der Waals surface area contributed by atoms with Crippen molar-refractivity contribution in [3.05, 3.63) is 58.5 Å². The maximum atomic E-state index is 14.6. The van der Waals surface area contributed by atoms with Crippen molar-refractivity contribution in [3.8, 4) is 17.0 Å². The summed E-state index contributed by atoms with van der Waals surface area (Å²) in [5, 5.41) is 65.4. The Balaban J connectivity index is 1.39. The van der Waals surface area contributed by atoms with Gasteiger partial charge in [-0.3, -0.25) is 14.4 Å². The molecule has 1 amide bonds. The highest BCUT2D eigenvalue weighted by atomic mass is 32.1. The molecule has 0 radical (unpaired) electrons. The Morgan fingerprint density at radius 1 is 1.04 bits per heavy atom. The number of nitrogens with zero attached hydrogens (tertiary/aromatic N) is 1. The van der Waals surface area contributed by atoms with Crippen LogP contribution in [0.25, 0.3) is 11.3 Å². The summed E-state index contributed by atoms with van der Waals surface area (Å²) in [6, 6.07) is 11.6. The molecule has 12 heteroatoms.